The number of halogens is 1. The van der Waals surface area contributed by atoms with Gasteiger partial charge in [0.25, 0.3) is 5.91 Å². The molecule has 11 heteroatoms. The van der Waals surface area contributed by atoms with Gasteiger partial charge in [-0.1, -0.05) is 56.7 Å². The maximum Gasteiger partial charge on any atom is 0.260 e. The predicted octanol–water partition coefficient (Wildman–Crippen LogP) is 5.93. The second kappa shape index (κ2) is 13.9. The number of benzene rings is 2. The highest BCUT2D eigenvalue weighted by atomic mass is 35.5. The number of rotatable bonds is 12. The Hall–Kier alpha value is -2.08. The van der Waals surface area contributed by atoms with Crippen molar-refractivity contribution < 1.29 is 17.9 Å². The molecule has 2 heterocycles. The fourth-order valence-electron chi connectivity index (χ4n) is 4.93. The molecule has 0 atom stereocenters. The van der Waals surface area contributed by atoms with Crippen molar-refractivity contribution in [3.05, 3.63) is 52.5 Å². The van der Waals surface area contributed by atoms with Crippen molar-refractivity contribution in [3.63, 3.8) is 0 Å². The normalized spacial score (nSPS) is 15.0. The second-order valence-electron chi connectivity index (χ2n) is 11.4. The van der Waals surface area contributed by atoms with Crippen molar-refractivity contribution in [1.82, 2.24) is 14.2 Å². The summed E-state index contributed by atoms with van der Waals surface area (Å²) in [4.78, 5) is 23.0. The molecule has 1 saturated heterocycles. The van der Waals surface area contributed by atoms with Crippen molar-refractivity contribution >= 4 is 54.2 Å². The first kappa shape index (κ1) is 31.8. The molecule has 1 aliphatic heterocycles. The molecule has 0 spiro atoms. The van der Waals surface area contributed by atoms with Gasteiger partial charge in [0.15, 0.2) is 5.13 Å². The number of thiazole rings is 1. The summed E-state index contributed by atoms with van der Waals surface area (Å²) in [6.07, 6.45) is 0.764. The lowest BCUT2D eigenvalue weighted by Gasteiger charge is -2.28. The van der Waals surface area contributed by atoms with Crippen LogP contribution in [0.5, 0.6) is 0 Å². The molecule has 1 aromatic heterocycles. The predicted molar refractivity (Wildman–Crippen MR) is 168 cm³/mol. The zero-order valence-electron chi connectivity index (χ0n) is 24.6. The highest BCUT2D eigenvalue weighted by Gasteiger charge is 2.27. The van der Waals surface area contributed by atoms with Crippen LogP contribution in [0.1, 0.15) is 50.0 Å². The first-order chi connectivity index (χ1) is 19.5. The molecule has 1 amide bonds. The molecule has 8 nitrogen and oxygen atoms in total. The molecule has 4 rings (SSSR count). The summed E-state index contributed by atoms with van der Waals surface area (Å²) in [5, 5.41) is 1.19. The summed E-state index contributed by atoms with van der Waals surface area (Å²) in [5.41, 5.74) is 2.20. The second-order valence-corrected chi connectivity index (χ2v) is 14.8. The Bertz CT molecular complexity index is 1390. The maximum atomic E-state index is 13.9. The lowest BCUT2D eigenvalue weighted by Crippen LogP contribution is -2.39. The molecule has 41 heavy (non-hydrogen) atoms. The van der Waals surface area contributed by atoms with Crippen LogP contribution in [-0.2, 0) is 14.8 Å². The van der Waals surface area contributed by atoms with E-state index in [-0.39, 0.29) is 22.6 Å². The number of hydrogen-bond acceptors (Lipinski definition) is 7. The maximum absolute atomic E-state index is 13.9. The summed E-state index contributed by atoms with van der Waals surface area (Å²) in [5.74, 6) is 0.174. The van der Waals surface area contributed by atoms with Crippen LogP contribution in [0.25, 0.3) is 10.2 Å². The van der Waals surface area contributed by atoms with Crippen molar-refractivity contribution in [2.24, 2.45) is 11.8 Å². The van der Waals surface area contributed by atoms with E-state index in [9.17, 15) is 13.2 Å². The highest BCUT2D eigenvalue weighted by molar-refractivity contribution is 7.89. The van der Waals surface area contributed by atoms with Crippen LogP contribution >= 0.6 is 22.9 Å². The van der Waals surface area contributed by atoms with Gasteiger partial charge in [-0.25, -0.2) is 13.4 Å². The largest absolute Gasteiger partial charge is 0.379 e. The molecule has 2 aromatic carbocycles. The molecule has 0 bridgehead atoms. The smallest absolute Gasteiger partial charge is 0.260 e. The summed E-state index contributed by atoms with van der Waals surface area (Å²) in [7, 11) is -3.69. The number of amides is 1. The molecule has 3 aromatic rings. The molecular weight excluding hydrogens is 580 g/mol. The van der Waals surface area contributed by atoms with Gasteiger partial charge >= 0.3 is 0 Å². The first-order valence-corrected chi connectivity index (χ1v) is 16.9. The van der Waals surface area contributed by atoms with Gasteiger partial charge in [-0.05, 0) is 61.1 Å². The van der Waals surface area contributed by atoms with Crippen molar-refractivity contribution in [2.45, 2.75) is 45.9 Å². The van der Waals surface area contributed by atoms with Gasteiger partial charge in [0, 0.05) is 44.8 Å². The Morgan fingerprint density at radius 2 is 1.68 bits per heavy atom. The summed E-state index contributed by atoms with van der Waals surface area (Å²) in [6.45, 7) is 15.4. The SMILES string of the molecule is Cc1ccc(Cl)c2sc(N(CCCN3CCOCC3)C(=O)c3ccc(S(=O)(=O)N(CC(C)C)CC(C)C)cc3)nc12. The topological polar surface area (TPSA) is 83.0 Å². The van der Waals surface area contributed by atoms with Crippen molar-refractivity contribution in [2.75, 3.05) is 57.4 Å². The molecular formula is C30H41ClN4O4S2. The number of nitrogens with zero attached hydrogens (tertiary/aromatic N) is 4. The molecule has 224 valence electrons. The van der Waals surface area contributed by atoms with E-state index in [4.69, 9.17) is 21.3 Å². The number of ether oxygens (including phenoxy) is 1. The van der Waals surface area contributed by atoms with Gasteiger partial charge in [0.1, 0.15) is 0 Å². The van der Waals surface area contributed by atoms with Gasteiger partial charge in [-0.3, -0.25) is 14.6 Å². The van der Waals surface area contributed by atoms with Crippen molar-refractivity contribution in [1.29, 1.82) is 0 Å². The minimum Gasteiger partial charge on any atom is -0.379 e. The Labute approximate surface area is 253 Å². The standard InChI is InChI=1S/C30H41ClN4O4S2/c1-21(2)19-34(20-22(3)4)41(37,38)25-10-8-24(9-11-25)29(36)35(14-6-13-33-15-17-39-18-16-33)30-32-27-23(5)7-12-26(31)28(27)40-30/h7-12,21-22H,6,13-20H2,1-5H3. The van der Waals surface area contributed by atoms with Crippen LogP contribution in [0.3, 0.4) is 0 Å². The number of aromatic nitrogens is 1. The van der Waals surface area contributed by atoms with Gasteiger partial charge < -0.3 is 4.74 Å². The van der Waals surface area contributed by atoms with Crippen LogP contribution in [0.4, 0.5) is 5.13 Å². The average Bonchev–Trinajstić information content (AvgIpc) is 3.39. The Morgan fingerprint density at radius 3 is 2.27 bits per heavy atom. The van der Waals surface area contributed by atoms with Crippen LogP contribution in [0.2, 0.25) is 5.02 Å². The Balaban J connectivity index is 1.61. The molecule has 1 aliphatic rings. The van der Waals surface area contributed by atoms with E-state index in [1.54, 1.807) is 33.5 Å². The average molecular weight is 621 g/mol. The number of morpholine rings is 1. The van der Waals surface area contributed by atoms with Gasteiger partial charge in [-0.15, -0.1) is 0 Å². The molecule has 0 radical (unpaired) electrons. The number of carbonyl (C=O) groups excluding carboxylic acids is 1. The minimum atomic E-state index is -3.69. The van der Waals surface area contributed by atoms with E-state index in [1.807, 2.05) is 46.8 Å². The number of anilines is 1. The quantitative estimate of drug-likeness (QED) is 0.250. The summed E-state index contributed by atoms with van der Waals surface area (Å²) < 4.78 is 34.8. The van der Waals surface area contributed by atoms with E-state index >= 15 is 0 Å². The van der Waals surface area contributed by atoms with Crippen LogP contribution < -0.4 is 4.90 Å². The fourth-order valence-corrected chi connectivity index (χ4v) is 8.04. The number of aryl methyl sites for hydroxylation is 1. The van der Waals surface area contributed by atoms with Crippen LogP contribution in [-0.4, -0.2) is 81.0 Å². The zero-order valence-corrected chi connectivity index (χ0v) is 27.0. The third-order valence-corrected chi connectivity index (χ3v) is 10.4. The Morgan fingerprint density at radius 1 is 1.05 bits per heavy atom. The molecule has 0 N–H and O–H groups in total. The third kappa shape index (κ3) is 7.86. The molecule has 0 saturated carbocycles. The monoisotopic (exact) mass is 620 g/mol. The number of sulfonamides is 1. The number of fused-ring (bicyclic) bond motifs is 1. The third-order valence-electron chi connectivity index (χ3n) is 7.00. The van der Waals surface area contributed by atoms with E-state index in [0.29, 0.717) is 35.4 Å². The lowest BCUT2D eigenvalue weighted by molar-refractivity contribution is 0.0376. The minimum absolute atomic E-state index is 0.191. The lowest BCUT2D eigenvalue weighted by atomic mass is 10.2. The molecule has 1 fully saturated rings. The zero-order chi connectivity index (χ0) is 29.7. The fraction of sp³-hybridized carbons (Fsp3) is 0.533. The van der Waals surface area contributed by atoms with Gasteiger partial charge in [-0.2, -0.15) is 4.31 Å². The molecule has 0 unspecified atom stereocenters. The van der Waals surface area contributed by atoms with E-state index in [2.05, 4.69) is 4.90 Å². The van der Waals surface area contributed by atoms with Gasteiger partial charge in [0.2, 0.25) is 10.0 Å². The number of carbonyl (C=O) groups is 1. The molecule has 0 aliphatic carbocycles. The van der Waals surface area contributed by atoms with Crippen LogP contribution in [0.15, 0.2) is 41.3 Å². The van der Waals surface area contributed by atoms with Crippen molar-refractivity contribution in [3.8, 4) is 0 Å². The summed E-state index contributed by atoms with van der Waals surface area (Å²) in [6, 6.07) is 10.1. The highest BCUT2D eigenvalue weighted by Crippen LogP contribution is 2.36. The van der Waals surface area contributed by atoms with Gasteiger partial charge in [0.05, 0.1) is 33.3 Å². The van der Waals surface area contributed by atoms with Crippen LogP contribution in [0, 0.1) is 18.8 Å². The van der Waals surface area contributed by atoms with E-state index < -0.39 is 10.0 Å². The van der Waals surface area contributed by atoms with E-state index in [0.717, 1.165) is 55.0 Å². The first-order valence-electron chi connectivity index (χ1n) is 14.2. The van der Waals surface area contributed by atoms with E-state index in [1.165, 1.54) is 11.3 Å². The summed E-state index contributed by atoms with van der Waals surface area (Å²) >= 11 is 7.89. The number of hydrogen-bond donors (Lipinski definition) is 0. The Kier molecular flexibility index (Phi) is 10.8.